The minimum absolute atomic E-state index is 0.0446. The van der Waals surface area contributed by atoms with E-state index in [1.165, 1.54) is 6.07 Å². The normalized spacial score (nSPS) is 15.6. The van der Waals surface area contributed by atoms with E-state index in [0.717, 1.165) is 37.0 Å². The molecule has 7 heteroatoms. The molecule has 3 rings (SSSR count). The van der Waals surface area contributed by atoms with Gasteiger partial charge in [-0.25, -0.2) is 8.42 Å². The van der Waals surface area contributed by atoms with Gasteiger partial charge in [-0.2, -0.15) is 4.31 Å². The monoisotopic (exact) mass is 472 g/mol. The zero-order valence-corrected chi connectivity index (χ0v) is 21.0. The Kier molecular flexibility index (Phi) is 8.19. The minimum atomic E-state index is -3.62. The number of para-hydroxylation sites is 1. The average molecular weight is 473 g/mol. The Morgan fingerprint density at radius 2 is 1.70 bits per heavy atom. The molecular formula is C26H36N2O4S. The molecule has 1 N–H and O–H groups in total. The smallest absolute Gasteiger partial charge is 0.251 e. The van der Waals surface area contributed by atoms with Gasteiger partial charge in [-0.3, -0.25) is 4.79 Å². The lowest BCUT2D eigenvalue weighted by Gasteiger charge is -2.22. The first-order valence-electron chi connectivity index (χ1n) is 11.7. The first-order valence-corrected chi connectivity index (χ1v) is 13.2. The van der Waals surface area contributed by atoms with E-state index >= 15 is 0 Å². The van der Waals surface area contributed by atoms with Gasteiger partial charge in [-0.05, 0) is 54.5 Å². The molecule has 0 bridgehead atoms. The topological polar surface area (TPSA) is 75.7 Å². The Morgan fingerprint density at radius 3 is 2.36 bits per heavy atom. The third-order valence-corrected chi connectivity index (χ3v) is 8.01. The zero-order chi connectivity index (χ0) is 24.1. The first kappa shape index (κ1) is 25.2. The quantitative estimate of drug-likeness (QED) is 0.595. The maximum atomic E-state index is 13.2. The number of aryl methyl sites for hydroxylation is 1. The van der Waals surface area contributed by atoms with Gasteiger partial charge in [0.2, 0.25) is 10.0 Å². The number of amides is 1. The molecule has 2 aromatic rings. The number of hydrogen-bond acceptors (Lipinski definition) is 4. The molecule has 2 aromatic carbocycles. The predicted molar refractivity (Wildman–Crippen MR) is 131 cm³/mol. The van der Waals surface area contributed by atoms with Crippen molar-refractivity contribution in [3.63, 3.8) is 0 Å². The van der Waals surface area contributed by atoms with E-state index in [0.29, 0.717) is 37.4 Å². The first-order chi connectivity index (χ1) is 15.6. The van der Waals surface area contributed by atoms with Crippen molar-refractivity contribution in [2.45, 2.75) is 63.7 Å². The van der Waals surface area contributed by atoms with Crippen LogP contribution < -0.4 is 10.1 Å². The van der Waals surface area contributed by atoms with Gasteiger partial charge in [0.15, 0.2) is 0 Å². The van der Waals surface area contributed by atoms with E-state index in [2.05, 4.69) is 26.1 Å². The van der Waals surface area contributed by atoms with Crippen molar-refractivity contribution in [3.05, 3.63) is 59.2 Å². The molecule has 0 radical (unpaired) electrons. The predicted octanol–water partition coefficient (Wildman–Crippen LogP) is 4.67. The molecule has 0 aromatic heterocycles. The lowest BCUT2D eigenvalue weighted by Crippen LogP contribution is -2.33. The molecule has 1 aliphatic heterocycles. The Bertz CT molecular complexity index is 1070. The van der Waals surface area contributed by atoms with E-state index < -0.39 is 10.0 Å². The summed E-state index contributed by atoms with van der Waals surface area (Å²) in [5.74, 6) is 0.496. The molecule has 33 heavy (non-hydrogen) atoms. The summed E-state index contributed by atoms with van der Waals surface area (Å²) >= 11 is 0. The van der Waals surface area contributed by atoms with Gasteiger partial charge in [0.05, 0.1) is 11.4 Å². The van der Waals surface area contributed by atoms with Crippen molar-refractivity contribution >= 4 is 15.9 Å². The second-order valence-electron chi connectivity index (χ2n) is 9.65. The number of benzene rings is 2. The molecule has 180 valence electrons. The molecule has 1 saturated heterocycles. The summed E-state index contributed by atoms with van der Waals surface area (Å²) < 4.78 is 34.0. The molecule has 1 aliphatic rings. The lowest BCUT2D eigenvalue weighted by atomic mass is 9.86. The minimum Gasteiger partial charge on any atom is -0.491 e. The van der Waals surface area contributed by atoms with Crippen LogP contribution in [0.2, 0.25) is 0 Å². The molecule has 0 spiro atoms. The highest BCUT2D eigenvalue weighted by Crippen LogP contribution is 2.30. The number of carbonyl (C=O) groups excluding carboxylic acids is 1. The van der Waals surface area contributed by atoms with Crippen molar-refractivity contribution in [1.29, 1.82) is 0 Å². The summed E-state index contributed by atoms with van der Waals surface area (Å²) in [5.41, 5.74) is 2.05. The summed E-state index contributed by atoms with van der Waals surface area (Å²) in [5, 5.41) is 2.84. The number of carbonyl (C=O) groups is 1. The maximum absolute atomic E-state index is 13.2. The van der Waals surface area contributed by atoms with Gasteiger partial charge in [-0.15, -0.1) is 0 Å². The fourth-order valence-corrected chi connectivity index (χ4v) is 5.85. The van der Waals surface area contributed by atoms with Crippen LogP contribution in [-0.2, 0) is 15.4 Å². The second kappa shape index (κ2) is 10.7. The Labute approximate surface area is 198 Å². The zero-order valence-electron chi connectivity index (χ0n) is 20.2. The Balaban J connectivity index is 1.65. The van der Waals surface area contributed by atoms with E-state index in [4.69, 9.17) is 4.74 Å². The van der Waals surface area contributed by atoms with Crippen molar-refractivity contribution in [1.82, 2.24) is 9.62 Å². The van der Waals surface area contributed by atoms with Crippen LogP contribution in [0.25, 0.3) is 0 Å². The van der Waals surface area contributed by atoms with E-state index in [1.54, 1.807) is 23.4 Å². The fraction of sp³-hybridized carbons (Fsp3) is 0.500. The van der Waals surface area contributed by atoms with Gasteiger partial charge < -0.3 is 10.1 Å². The summed E-state index contributed by atoms with van der Waals surface area (Å²) in [6.45, 7) is 9.87. The summed E-state index contributed by atoms with van der Waals surface area (Å²) in [4.78, 5) is 12.9. The van der Waals surface area contributed by atoms with Gasteiger partial charge in [0, 0.05) is 18.7 Å². The summed E-state index contributed by atoms with van der Waals surface area (Å²) in [7, 11) is -3.62. The summed E-state index contributed by atoms with van der Waals surface area (Å²) in [6, 6.07) is 12.8. The van der Waals surface area contributed by atoms with Crippen LogP contribution >= 0.6 is 0 Å². The number of rotatable bonds is 7. The number of sulfonamides is 1. The van der Waals surface area contributed by atoms with Gasteiger partial charge in [0.1, 0.15) is 12.4 Å². The Hall–Kier alpha value is -2.38. The maximum Gasteiger partial charge on any atom is 0.251 e. The van der Waals surface area contributed by atoms with Crippen LogP contribution in [0.1, 0.15) is 67.9 Å². The van der Waals surface area contributed by atoms with Crippen molar-refractivity contribution in [2.75, 3.05) is 26.2 Å². The highest BCUT2D eigenvalue weighted by molar-refractivity contribution is 7.89. The molecule has 0 unspecified atom stereocenters. The van der Waals surface area contributed by atoms with Crippen LogP contribution in [0, 0.1) is 6.92 Å². The second-order valence-corrected chi connectivity index (χ2v) is 11.6. The van der Waals surface area contributed by atoms with Crippen LogP contribution in [0.15, 0.2) is 47.4 Å². The molecular weight excluding hydrogens is 436 g/mol. The van der Waals surface area contributed by atoms with Crippen LogP contribution in [0.5, 0.6) is 5.75 Å². The van der Waals surface area contributed by atoms with E-state index in [1.807, 2.05) is 24.3 Å². The van der Waals surface area contributed by atoms with Gasteiger partial charge in [-0.1, -0.05) is 57.9 Å². The lowest BCUT2D eigenvalue weighted by molar-refractivity contribution is 0.0946. The van der Waals surface area contributed by atoms with Crippen molar-refractivity contribution in [2.24, 2.45) is 0 Å². The number of nitrogens with zero attached hydrogens (tertiary/aromatic N) is 1. The van der Waals surface area contributed by atoms with Gasteiger partial charge >= 0.3 is 0 Å². The molecule has 0 atom stereocenters. The van der Waals surface area contributed by atoms with Crippen LogP contribution in [-0.4, -0.2) is 44.9 Å². The molecule has 0 aliphatic carbocycles. The third-order valence-electron chi connectivity index (χ3n) is 5.97. The highest BCUT2D eigenvalue weighted by Gasteiger charge is 2.27. The van der Waals surface area contributed by atoms with E-state index in [-0.39, 0.29) is 16.2 Å². The summed E-state index contributed by atoms with van der Waals surface area (Å²) in [6.07, 6.45) is 3.85. The number of hydrogen-bond donors (Lipinski definition) is 1. The van der Waals surface area contributed by atoms with Gasteiger partial charge in [0.25, 0.3) is 5.91 Å². The molecule has 1 heterocycles. The standard InChI is InChI=1S/C26H36N2O4S/c1-20-13-14-21(19-24(20)33(30,31)28-16-9-5-6-10-17-28)25(29)27-15-18-32-23-12-8-7-11-22(23)26(2,3)4/h7-8,11-14,19H,5-6,9-10,15-18H2,1-4H3,(H,27,29). The highest BCUT2D eigenvalue weighted by atomic mass is 32.2. The third kappa shape index (κ3) is 6.36. The largest absolute Gasteiger partial charge is 0.491 e. The van der Waals surface area contributed by atoms with E-state index in [9.17, 15) is 13.2 Å². The molecule has 1 fully saturated rings. The molecule has 6 nitrogen and oxygen atoms in total. The number of nitrogens with one attached hydrogen (secondary N) is 1. The molecule has 0 saturated carbocycles. The fourth-order valence-electron chi connectivity index (χ4n) is 4.08. The number of ether oxygens (including phenoxy) is 1. The van der Waals surface area contributed by atoms with Crippen LogP contribution in [0.3, 0.4) is 0 Å². The molecule has 1 amide bonds. The van der Waals surface area contributed by atoms with Crippen molar-refractivity contribution < 1.29 is 17.9 Å². The van der Waals surface area contributed by atoms with Crippen LogP contribution in [0.4, 0.5) is 0 Å². The van der Waals surface area contributed by atoms with Crippen molar-refractivity contribution in [3.8, 4) is 5.75 Å². The SMILES string of the molecule is Cc1ccc(C(=O)NCCOc2ccccc2C(C)(C)C)cc1S(=O)(=O)N1CCCCCC1. The average Bonchev–Trinajstić information content (AvgIpc) is 3.06. The Morgan fingerprint density at radius 1 is 1.03 bits per heavy atom.